The Morgan fingerprint density at radius 1 is 0.886 bits per heavy atom. The number of benzene rings is 1. The minimum absolute atomic E-state index is 0.0000379. The summed E-state index contributed by atoms with van der Waals surface area (Å²) in [5.41, 5.74) is 4.90. The fourth-order valence-corrected chi connectivity index (χ4v) is 5.40. The van der Waals surface area contributed by atoms with Gasteiger partial charge in [-0.25, -0.2) is 4.79 Å². The van der Waals surface area contributed by atoms with Gasteiger partial charge in [0.25, 0.3) is 5.91 Å². The first-order valence-electron chi connectivity index (χ1n) is 15.4. The smallest absolute Gasteiger partial charge is 0.316 e. The number of urea groups is 1. The summed E-state index contributed by atoms with van der Waals surface area (Å²) in [6.45, 7) is 15.0. The van der Waals surface area contributed by atoms with Gasteiger partial charge < -0.3 is 26.6 Å². The molecule has 4 atom stereocenters. The number of nitrogens with one attached hydrogen (secondary N) is 3. The summed E-state index contributed by atoms with van der Waals surface area (Å²) in [5.74, 6) is -3.14. The molecule has 2 rings (SSSR count). The monoisotopic (exact) mass is 613 g/mol. The van der Waals surface area contributed by atoms with Gasteiger partial charge in [0.05, 0.1) is 12.1 Å². The quantitative estimate of drug-likeness (QED) is 0.250. The Balaban J connectivity index is 2.19. The number of nitrogens with two attached hydrogens (primary N) is 1. The second-order valence-electron chi connectivity index (χ2n) is 14.3. The Kier molecular flexibility index (Phi) is 12.7. The van der Waals surface area contributed by atoms with E-state index in [2.05, 4.69) is 16.0 Å². The van der Waals surface area contributed by atoms with Crippen LogP contribution in [0, 0.1) is 16.7 Å². The minimum atomic E-state index is -1.13. The van der Waals surface area contributed by atoms with E-state index in [4.69, 9.17) is 5.73 Å². The molecule has 1 fully saturated rings. The SMILES string of the molecule is CC(C)CC(NC(=O)[C@@H]1CCCN1C(=O)C(NC(=O)N[C@H](C(=O)CCc1ccccc1)C(C)(C)C)C(C)(C)C)C(=O)C(N)=O. The highest BCUT2D eigenvalue weighted by molar-refractivity contribution is 6.37. The molecule has 1 aliphatic heterocycles. The molecule has 2 unspecified atom stereocenters. The van der Waals surface area contributed by atoms with Crippen molar-refractivity contribution in [3.8, 4) is 0 Å². The van der Waals surface area contributed by atoms with Gasteiger partial charge in [0.2, 0.25) is 17.6 Å². The van der Waals surface area contributed by atoms with E-state index in [0.29, 0.717) is 19.3 Å². The maximum Gasteiger partial charge on any atom is 0.316 e. The zero-order valence-corrected chi connectivity index (χ0v) is 27.5. The Hall–Kier alpha value is -3.76. The third-order valence-corrected chi connectivity index (χ3v) is 7.78. The van der Waals surface area contributed by atoms with Gasteiger partial charge in [-0.05, 0) is 48.0 Å². The molecule has 5 amide bonds. The number of hydrogen-bond donors (Lipinski definition) is 4. The lowest BCUT2D eigenvalue weighted by atomic mass is 9.82. The summed E-state index contributed by atoms with van der Waals surface area (Å²) >= 11 is 0. The van der Waals surface area contributed by atoms with E-state index in [0.717, 1.165) is 5.56 Å². The number of carbonyl (C=O) groups is 6. The molecule has 0 bridgehead atoms. The van der Waals surface area contributed by atoms with E-state index >= 15 is 0 Å². The lowest BCUT2D eigenvalue weighted by molar-refractivity contribution is -0.143. The Bertz CT molecular complexity index is 1200. The molecule has 244 valence electrons. The van der Waals surface area contributed by atoms with Crippen LogP contribution in [0.3, 0.4) is 0 Å². The number of primary amides is 1. The van der Waals surface area contributed by atoms with E-state index < -0.39 is 64.5 Å². The molecule has 0 spiro atoms. The highest BCUT2D eigenvalue weighted by Gasteiger charge is 2.43. The molecule has 11 nitrogen and oxygen atoms in total. The number of hydrogen-bond acceptors (Lipinski definition) is 6. The lowest BCUT2D eigenvalue weighted by Crippen LogP contribution is -2.61. The van der Waals surface area contributed by atoms with Crippen molar-refractivity contribution in [1.29, 1.82) is 0 Å². The van der Waals surface area contributed by atoms with Crippen molar-refractivity contribution in [3.63, 3.8) is 0 Å². The summed E-state index contributed by atoms with van der Waals surface area (Å²) in [6, 6.07) is 5.19. The second-order valence-corrected chi connectivity index (χ2v) is 14.3. The number of Topliss-reactive ketones (excluding diaryl/α,β-unsaturated/α-hetero) is 2. The molecule has 0 saturated carbocycles. The van der Waals surface area contributed by atoms with E-state index in [9.17, 15) is 28.8 Å². The fourth-order valence-electron chi connectivity index (χ4n) is 5.40. The Morgan fingerprint density at radius 2 is 1.45 bits per heavy atom. The molecular weight excluding hydrogens is 562 g/mol. The van der Waals surface area contributed by atoms with Crippen LogP contribution >= 0.6 is 0 Å². The van der Waals surface area contributed by atoms with Crippen molar-refractivity contribution in [2.24, 2.45) is 22.5 Å². The van der Waals surface area contributed by atoms with Crippen LogP contribution < -0.4 is 21.7 Å². The van der Waals surface area contributed by atoms with Crippen LogP contribution in [0.1, 0.15) is 86.6 Å². The summed E-state index contributed by atoms with van der Waals surface area (Å²) in [6.07, 6.45) is 1.92. The maximum atomic E-state index is 13.9. The first-order chi connectivity index (χ1) is 20.3. The molecule has 11 heteroatoms. The van der Waals surface area contributed by atoms with Crippen LogP contribution in [-0.4, -0.2) is 70.9 Å². The zero-order chi connectivity index (χ0) is 33.4. The maximum absolute atomic E-state index is 13.9. The van der Waals surface area contributed by atoms with Crippen molar-refractivity contribution in [2.45, 2.75) is 112 Å². The summed E-state index contributed by atoms with van der Waals surface area (Å²) in [5, 5.41) is 8.23. The first-order valence-corrected chi connectivity index (χ1v) is 15.4. The van der Waals surface area contributed by atoms with Gasteiger partial charge in [0.15, 0.2) is 5.78 Å². The molecule has 1 aliphatic rings. The van der Waals surface area contributed by atoms with E-state index in [1.165, 1.54) is 4.90 Å². The van der Waals surface area contributed by atoms with Crippen molar-refractivity contribution in [3.05, 3.63) is 35.9 Å². The normalized spacial score (nSPS) is 17.4. The molecule has 1 heterocycles. The van der Waals surface area contributed by atoms with E-state index in [1.54, 1.807) is 20.8 Å². The summed E-state index contributed by atoms with van der Waals surface area (Å²) in [7, 11) is 0. The predicted molar refractivity (Wildman–Crippen MR) is 168 cm³/mol. The number of likely N-dealkylation sites (tertiary alicyclic amines) is 1. The predicted octanol–water partition coefficient (Wildman–Crippen LogP) is 2.89. The number of rotatable bonds is 13. The Labute approximate surface area is 261 Å². The molecule has 44 heavy (non-hydrogen) atoms. The van der Waals surface area contributed by atoms with Gasteiger partial charge in [0.1, 0.15) is 12.1 Å². The van der Waals surface area contributed by atoms with E-state index in [-0.39, 0.29) is 31.1 Å². The highest BCUT2D eigenvalue weighted by atomic mass is 16.2. The third-order valence-electron chi connectivity index (χ3n) is 7.78. The van der Waals surface area contributed by atoms with Crippen LogP contribution in [0.4, 0.5) is 4.79 Å². The van der Waals surface area contributed by atoms with E-state index in [1.807, 2.05) is 65.0 Å². The standard InChI is InChI=1S/C33H51N5O6/c1-20(2)19-22(25(40)28(34)41)35-29(42)23-15-12-18-38(23)30(43)27(33(6,7)8)37-31(44)36-26(32(3,4)5)24(39)17-16-21-13-10-9-11-14-21/h9-11,13-14,20,22-23,26-27H,12,15-19H2,1-8H3,(H2,34,41)(H,35,42)(H2,36,37,44)/t22?,23-,26+,27?/m0/s1. The largest absolute Gasteiger partial charge is 0.363 e. The van der Waals surface area contributed by atoms with Gasteiger partial charge in [-0.1, -0.05) is 85.7 Å². The number of ketones is 2. The third kappa shape index (κ3) is 10.4. The lowest BCUT2D eigenvalue weighted by Gasteiger charge is -2.37. The number of nitrogens with zero attached hydrogens (tertiary/aromatic N) is 1. The fraction of sp³-hybridized carbons (Fsp3) is 0.636. The average molecular weight is 614 g/mol. The molecule has 0 aliphatic carbocycles. The van der Waals surface area contributed by atoms with Gasteiger partial charge >= 0.3 is 6.03 Å². The number of aryl methyl sites for hydroxylation is 1. The molecule has 0 radical (unpaired) electrons. The zero-order valence-electron chi connectivity index (χ0n) is 27.5. The molecule has 1 aromatic carbocycles. The first kappa shape index (κ1) is 36.4. The summed E-state index contributed by atoms with van der Waals surface area (Å²) in [4.78, 5) is 79.2. The second kappa shape index (κ2) is 15.3. The van der Waals surface area contributed by atoms with Gasteiger partial charge in [-0.2, -0.15) is 0 Å². The topological polar surface area (TPSA) is 168 Å². The van der Waals surface area contributed by atoms with Crippen LogP contribution in [0.5, 0.6) is 0 Å². The molecule has 5 N–H and O–H groups in total. The van der Waals surface area contributed by atoms with Crippen LogP contribution in [0.2, 0.25) is 0 Å². The van der Waals surface area contributed by atoms with Crippen molar-refractivity contribution in [2.75, 3.05) is 6.54 Å². The Morgan fingerprint density at radius 3 is 1.98 bits per heavy atom. The van der Waals surface area contributed by atoms with Crippen LogP contribution in [-0.2, 0) is 30.4 Å². The number of amides is 5. The van der Waals surface area contributed by atoms with Gasteiger partial charge in [0, 0.05) is 13.0 Å². The van der Waals surface area contributed by atoms with Crippen molar-refractivity contribution >= 4 is 35.3 Å². The average Bonchev–Trinajstić information content (AvgIpc) is 3.41. The molecule has 1 saturated heterocycles. The van der Waals surface area contributed by atoms with Crippen LogP contribution in [0.25, 0.3) is 0 Å². The number of carbonyl (C=O) groups excluding carboxylic acids is 6. The minimum Gasteiger partial charge on any atom is -0.363 e. The highest BCUT2D eigenvalue weighted by Crippen LogP contribution is 2.27. The summed E-state index contributed by atoms with van der Waals surface area (Å²) < 4.78 is 0. The van der Waals surface area contributed by atoms with Crippen LogP contribution in [0.15, 0.2) is 30.3 Å². The van der Waals surface area contributed by atoms with Gasteiger partial charge in [-0.3, -0.25) is 24.0 Å². The molecular formula is C33H51N5O6. The molecule has 1 aromatic rings. The van der Waals surface area contributed by atoms with Crippen molar-refractivity contribution in [1.82, 2.24) is 20.9 Å². The van der Waals surface area contributed by atoms with Crippen molar-refractivity contribution < 1.29 is 28.8 Å². The molecule has 0 aromatic heterocycles. The van der Waals surface area contributed by atoms with Gasteiger partial charge in [-0.15, -0.1) is 0 Å².